The minimum absolute atomic E-state index is 0.00716. The number of benzene rings is 2. The van der Waals surface area contributed by atoms with E-state index in [0.29, 0.717) is 6.54 Å². The lowest BCUT2D eigenvalue weighted by Crippen LogP contribution is -2.47. The molecule has 0 saturated heterocycles. The van der Waals surface area contributed by atoms with Gasteiger partial charge in [-0.25, -0.2) is 4.39 Å². The van der Waals surface area contributed by atoms with Crippen molar-refractivity contribution < 1.29 is 14.0 Å². The average Bonchev–Trinajstić information content (AvgIpc) is 3.53. The van der Waals surface area contributed by atoms with Crippen LogP contribution in [-0.2, 0) is 11.2 Å². The molecule has 1 atom stereocenters. The fourth-order valence-corrected chi connectivity index (χ4v) is 5.26. The molecule has 31 heavy (non-hydrogen) atoms. The number of halogens is 1. The lowest BCUT2D eigenvalue weighted by Gasteiger charge is -2.37. The van der Waals surface area contributed by atoms with E-state index in [-0.39, 0.29) is 30.1 Å². The lowest BCUT2D eigenvalue weighted by molar-refractivity contribution is -0.134. The maximum absolute atomic E-state index is 14.2. The van der Waals surface area contributed by atoms with Crippen molar-refractivity contribution in [2.45, 2.75) is 31.3 Å². The van der Waals surface area contributed by atoms with Gasteiger partial charge in [0.25, 0.3) is 5.91 Å². The molecule has 1 saturated carbocycles. The number of thiophene rings is 1. The fraction of sp³-hybridized carbons (Fsp3) is 0.280. The normalized spacial score (nSPS) is 17.8. The van der Waals surface area contributed by atoms with Gasteiger partial charge in [-0.05, 0) is 54.0 Å². The van der Waals surface area contributed by atoms with E-state index in [1.165, 1.54) is 17.0 Å². The van der Waals surface area contributed by atoms with Crippen LogP contribution in [0.4, 0.5) is 4.39 Å². The highest BCUT2D eigenvalue weighted by Crippen LogP contribution is 2.38. The third kappa shape index (κ3) is 3.88. The number of nitrogens with zero attached hydrogens (tertiary/aromatic N) is 2. The first kappa shape index (κ1) is 19.9. The first-order valence-electron chi connectivity index (χ1n) is 10.6. The van der Waals surface area contributed by atoms with Gasteiger partial charge in [0.1, 0.15) is 12.4 Å². The highest BCUT2D eigenvalue weighted by atomic mass is 32.1. The maximum Gasteiger partial charge on any atom is 0.257 e. The van der Waals surface area contributed by atoms with Gasteiger partial charge in [-0.1, -0.05) is 42.5 Å². The van der Waals surface area contributed by atoms with Crippen molar-refractivity contribution in [3.63, 3.8) is 0 Å². The first-order valence-corrected chi connectivity index (χ1v) is 11.5. The number of fused-ring (bicyclic) bond motifs is 1. The SMILES string of the molecule is O=C(c1ccccc1F)N(CC(=O)N1CCc2sccc2C1c1ccccc1)C1CC1. The summed E-state index contributed by atoms with van der Waals surface area (Å²) in [4.78, 5) is 31.4. The Kier molecular flexibility index (Phi) is 5.32. The molecular weight excluding hydrogens is 411 g/mol. The molecule has 6 heteroatoms. The molecule has 1 aromatic heterocycles. The Hall–Kier alpha value is -2.99. The topological polar surface area (TPSA) is 40.6 Å². The monoisotopic (exact) mass is 434 g/mol. The second-order valence-corrected chi connectivity index (χ2v) is 9.09. The second kappa shape index (κ2) is 8.27. The van der Waals surface area contributed by atoms with Crippen LogP contribution in [0.3, 0.4) is 0 Å². The van der Waals surface area contributed by atoms with E-state index in [1.807, 2.05) is 35.2 Å². The molecule has 1 fully saturated rings. The molecule has 1 aliphatic heterocycles. The molecule has 0 bridgehead atoms. The van der Waals surface area contributed by atoms with Crippen LogP contribution in [0.2, 0.25) is 0 Å². The molecule has 0 spiro atoms. The van der Waals surface area contributed by atoms with E-state index in [1.54, 1.807) is 28.4 Å². The van der Waals surface area contributed by atoms with Crippen molar-refractivity contribution in [1.29, 1.82) is 0 Å². The molecule has 2 aromatic carbocycles. The Bertz CT molecular complexity index is 1110. The van der Waals surface area contributed by atoms with Crippen LogP contribution < -0.4 is 0 Å². The Labute approximate surface area is 184 Å². The summed E-state index contributed by atoms with van der Waals surface area (Å²) in [6.45, 7) is 0.582. The maximum atomic E-state index is 14.2. The average molecular weight is 435 g/mol. The number of carbonyl (C=O) groups excluding carboxylic acids is 2. The molecular formula is C25H23FN2O2S. The molecule has 2 aliphatic rings. The summed E-state index contributed by atoms with van der Waals surface area (Å²) in [5.41, 5.74) is 2.25. The van der Waals surface area contributed by atoms with E-state index < -0.39 is 11.7 Å². The van der Waals surface area contributed by atoms with Crippen LogP contribution in [0, 0.1) is 5.82 Å². The molecule has 3 aromatic rings. The first-order chi connectivity index (χ1) is 15.1. The van der Waals surface area contributed by atoms with Gasteiger partial charge in [-0.2, -0.15) is 0 Å². The summed E-state index contributed by atoms with van der Waals surface area (Å²) < 4.78 is 14.2. The zero-order chi connectivity index (χ0) is 21.4. The summed E-state index contributed by atoms with van der Waals surface area (Å²) >= 11 is 1.73. The van der Waals surface area contributed by atoms with Gasteiger partial charge in [0.15, 0.2) is 0 Å². The fourth-order valence-electron chi connectivity index (χ4n) is 4.36. The molecule has 1 aliphatic carbocycles. The van der Waals surface area contributed by atoms with E-state index in [0.717, 1.165) is 30.4 Å². The van der Waals surface area contributed by atoms with Crippen LogP contribution in [0.1, 0.15) is 45.2 Å². The number of hydrogen-bond donors (Lipinski definition) is 0. The van der Waals surface area contributed by atoms with E-state index in [9.17, 15) is 14.0 Å². The van der Waals surface area contributed by atoms with Gasteiger partial charge in [0.2, 0.25) is 5.91 Å². The molecule has 2 heterocycles. The number of hydrogen-bond acceptors (Lipinski definition) is 3. The third-order valence-corrected chi connectivity index (χ3v) is 7.06. The van der Waals surface area contributed by atoms with E-state index in [2.05, 4.69) is 11.4 Å². The van der Waals surface area contributed by atoms with Gasteiger partial charge in [0.05, 0.1) is 11.6 Å². The molecule has 5 rings (SSSR count). The van der Waals surface area contributed by atoms with Crippen molar-refractivity contribution >= 4 is 23.2 Å². The smallest absolute Gasteiger partial charge is 0.257 e. The predicted molar refractivity (Wildman–Crippen MR) is 118 cm³/mol. The van der Waals surface area contributed by atoms with Crippen LogP contribution >= 0.6 is 11.3 Å². The summed E-state index contributed by atoms with van der Waals surface area (Å²) in [5.74, 6) is -1.05. The van der Waals surface area contributed by atoms with Gasteiger partial charge < -0.3 is 9.80 Å². The van der Waals surface area contributed by atoms with E-state index >= 15 is 0 Å². The zero-order valence-corrected chi connectivity index (χ0v) is 17.9. The summed E-state index contributed by atoms with van der Waals surface area (Å²) in [7, 11) is 0. The second-order valence-electron chi connectivity index (χ2n) is 8.09. The highest BCUT2D eigenvalue weighted by Gasteiger charge is 2.38. The standard InChI is InChI=1S/C25H23FN2O2S/c26-21-9-5-4-8-19(21)25(30)28(18-10-11-18)16-23(29)27-14-12-22-20(13-15-31-22)24(27)17-6-2-1-3-7-17/h1-9,13,15,18,24H,10-12,14,16H2. The molecule has 2 amide bonds. The van der Waals surface area contributed by atoms with Crippen molar-refractivity contribution in [2.24, 2.45) is 0 Å². The molecule has 1 unspecified atom stereocenters. The number of carbonyl (C=O) groups is 2. The van der Waals surface area contributed by atoms with Crippen molar-refractivity contribution in [2.75, 3.05) is 13.1 Å². The Balaban J connectivity index is 1.43. The van der Waals surface area contributed by atoms with Crippen LogP contribution in [0.15, 0.2) is 66.0 Å². The minimum atomic E-state index is -0.548. The Morgan fingerprint density at radius 2 is 1.77 bits per heavy atom. The largest absolute Gasteiger partial charge is 0.330 e. The van der Waals surface area contributed by atoms with Gasteiger partial charge in [0, 0.05) is 17.5 Å². The predicted octanol–water partition coefficient (Wildman–Crippen LogP) is 4.67. The lowest BCUT2D eigenvalue weighted by atomic mass is 9.93. The zero-order valence-electron chi connectivity index (χ0n) is 17.0. The highest BCUT2D eigenvalue weighted by molar-refractivity contribution is 7.10. The Morgan fingerprint density at radius 1 is 1.03 bits per heavy atom. The van der Waals surface area contributed by atoms with E-state index in [4.69, 9.17) is 0 Å². The van der Waals surface area contributed by atoms with Crippen molar-refractivity contribution in [1.82, 2.24) is 9.80 Å². The van der Waals surface area contributed by atoms with Crippen molar-refractivity contribution in [3.05, 3.63) is 93.4 Å². The molecule has 0 radical (unpaired) electrons. The summed E-state index contributed by atoms with van der Waals surface area (Å²) in [6, 6.07) is 18.0. The summed E-state index contributed by atoms with van der Waals surface area (Å²) in [6.07, 6.45) is 2.52. The minimum Gasteiger partial charge on any atom is -0.330 e. The molecule has 0 N–H and O–H groups in total. The quantitative estimate of drug-likeness (QED) is 0.586. The number of rotatable bonds is 5. The van der Waals surface area contributed by atoms with Gasteiger partial charge in [-0.15, -0.1) is 11.3 Å². The Morgan fingerprint density at radius 3 is 2.52 bits per heavy atom. The van der Waals surface area contributed by atoms with Crippen LogP contribution in [0.5, 0.6) is 0 Å². The van der Waals surface area contributed by atoms with Gasteiger partial charge >= 0.3 is 0 Å². The third-order valence-electron chi connectivity index (χ3n) is 6.06. The molecule has 158 valence electrons. The van der Waals surface area contributed by atoms with Crippen molar-refractivity contribution in [3.8, 4) is 0 Å². The summed E-state index contributed by atoms with van der Waals surface area (Å²) in [5, 5.41) is 2.08. The number of amides is 2. The van der Waals surface area contributed by atoms with Gasteiger partial charge in [-0.3, -0.25) is 9.59 Å². The molecule has 4 nitrogen and oxygen atoms in total. The van der Waals surface area contributed by atoms with Crippen LogP contribution in [-0.4, -0.2) is 40.7 Å². The van der Waals surface area contributed by atoms with Crippen LogP contribution in [0.25, 0.3) is 0 Å².